The van der Waals surface area contributed by atoms with Gasteiger partial charge < -0.3 is 9.80 Å². The number of aromatic nitrogens is 3. The van der Waals surface area contributed by atoms with Crippen LogP contribution in [0.5, 0.6) is 0 Å². The fraction of sp³-hybridized carbons (Fsp3) is 0.333. The lowest BCUT2D eigenvalue weighted by Gasteiger charge is -2.34. The molecule has 0 atom stereocenters. The molecule has 2 amide bonds. The number of carbonyl (C=O) groups is 2. The Hall–Kier alpha value is -3.73. The van der Waals surface area contributed by atoms with E-state index in [-0.39, 0.29) is 29.8 Å². The molecule has 1 fully saturated rings. The predicted octanol–water partition coefficient (Wildman–Crippen LogP) is 2.80. The van der Waals surface area contributed by atoms with Gasteiger partial charge in [0.1, 0.15) is 0 Å². The van der Waals surface area contributed by atoms with E-state index < -0.39 is 17.6 Å². The van der Waals surface area contributed by atoms with Crippen LogP contribution in [0.3, 0.4) is 0 Å². The Morgan fingerprint density at radius 2 is 1.66 bits per heavy atom. The Kier molecular flexibility index (Phi) is 6.88. The second-order valence-electron chi connectivity index (χ2n) is 8.44. The summed E-state index contributed by atoms with van der Waals surface area (Å²) in [6.45, 7) is 2.09. The highest BCUT2D eigenvalue weighted by molar-refractivity contribution is 5.91. The van der Waals surface area contributed by atoms with Crippen LogP contribution >= 0.6 is 0 Å². The van der Waals surface area contributed by atoms with Gasteiger partial charge in [-0.2, -0.15) is 13.2 Å². The number of carbonyl (C=O) groups excluding carboxylic acids is 2. The molecule has 0 radical (unpaired) electrons. The minimum absolute atomic E-state index is 0.0150. The molecule has 1 aliphatic rings. The van der Waals surface area contributed by atoms with E-state index in [9.17, 15) is 22.8 Å². The molecule has 8 nitrogen and oxygen atoms in total. The summed E-state index contributed by atoms with van der Waals surface area (Å²) in [5, 5.41) is 4.32. The molecular weight excluding hydrogens is 461 g/mol. The standard InChI is InChI=1S/C24H25F3N6O2/c1-30(2)20(34)16-31-11-13-32(14-12-31)23(35)21-28-22(17-7-4-3-5-8-17)33(29-21)19-10-6-9-18(15-19)24(25,26)27/h3-10,15H,11-14,16H2,1-2H3. The monoisotopic (exact) mass is 486 g/mol. The summed E-state index contributed by atoms with van der Waals surface area (Å²) in [7, 11) is 3.39. The second-order valence-corrected chi connectivity index (χ2v) is 8.44. The number of amides is 2. The van der Waals surface area contributed by atoms with Gasteiger partial charge in [-0.05, 0) is 18.2 Å². The van der Waals surface area contributed by atoms with E-state index >= 15 is 0 Å². The molecule has 0 unspecified atom stereocenters. The molecule has 2 aromatic carbocycles. The highest BCUT2D eigenvalue weighted by Gasteiger charge is 2.32. The van der Waals surface area contributed by atoms with E-state index in [0.29, 0.717) is 31.7 Å². The van der Waals surface area contributed by atoms with Crippen LogP contribution in [0.4, 0.5) is 13.2 Å². The van der Waals surface area contributed by atoms with E-state index in [2.05, 4.69) is 10.1 Å². The average Bonchev–Trinajstić information content (AvgIpc) is 3.30. The van der Waals surface area contributed by atoms with Crippen molar-refractivity contribution in [3.63, 3.8) is 0 Å². The zero-order valence-electron chi connectivity index (χ0n) is 19.4. The number of alkyl halides is 3. The number of halogens is 3. The number of hydrogen-bond acceptors (Lipinski definition) is 5. The quantitative estimate of drug-likeness (QED) is 0.555. The minimum atomic E-state index is -4.52. The third-order valence-corrected chi connectivity index (χ3v) is 5.77. The van der Waals surface area contributed by atoms with Crippen LogP contribution in [0.1, 0.15) is 16.2 Å². The molecule has 0 saturated carbocycles. The lowest BCUT2D eigenvalue weighted by molar-refractivity contribution is -0.137. The van der Waals surface area contributed by atoms with Gasteiger partial charge in [-0.15, -0.1) is 5.10 Å². The molecule has 184 valence electrons. The molecule has 1 saturated heterocycles. The van der Waals surface area contributed by atoms with Crippen molar-refractivity contribution < 1.29 is 22.8 Å². The first kappa shape index (κ1) is 24.4. The first-order chi connectivity index (χ1) is 16.6. The summed E-state index contributed by atoms with van der Waals surface area (Å²) in [6, 6.07) is 13.6. The van der Waals surface area contributed by atoms with Crippen molar-refractivity contribution in [3.05, 3.63) is 66.0 Å². The van der Waals surface area contributed by atoms with Gasteiger partial charge in [-0.3, -0.25) is 14.5 Å². The first-order valence-electron chi connectivity index (χ1n) is 11.1. The molecule has 0 aliphatic carbocycles. The smallest absolute Gasteiger partial charge is 0.348 e. The van der Waals surface area contributed by atoms with Crippen molar-refractivity contribution in [1.82, 2.24) is 29.5 Å². The van der Waals surface area contributed by atoms with Gasteiger partial charge in [-0.25, -0.2) is 9.67 Å². The summed E-state index contributed by atoms with van der Waals surface area (Å²) < 4.78 is 41.2. The van der Waals surface area contributed by atoms with Crippen LogP contribution in [0, 0.1) is 0 Å². The van der Waals surface area contributed by atoms with Crippen molar-refractivity contribution in [3.8, 4) is 17.1 Å². The SMILES string of the molecule is CN(C)C(=O)CN1CCN(C(=O)c2nc(-c3ccccc3)n(-c3cccc(C(F)(F)F)c3)n2)CC1. The van der Waals surface area contributed by atoms with E-state index in [1.54, 1.807) is 49.3 Å². The topological polar surface area (TPSA) is 74.6 Å². The number of nitrogens with zero attached hydrogens (tertiary/aromatic N) is 6. The minimum Gasteiger partial charge on any atom is -0.348 e. The van der Waals surface area contributed by atoms with Gasteiger partial charge in [0.25, 0.3) is 5.91 Å². The molecule has 0 bridgehead atoms. The molecule has 0 spiro atoms. The number of benzene rings is 2. The van der Waals surface area contributed by atoms with Crippen LogP contribution in [0.15, 0.2) is 54.6 Å². The summed E-state index contributed by atoms with van der Waals surface area (Å²) in [5.74, 6) is -0.257. The van der Waals surface area contributed by atoms with Crippen LogP contribution in [-0.4, -0.2) is 88.1 Å². The lowest BCUT2D eigenvalue weighted by atomic mass is 10.2. The van der Waals surface area contributed by atoms with Crippen LogP contribution in [0.2, 0.25) is 0 Å². The van der Waals surface area contributed by atoms with Gasteiger partial charge in [0, 0.05) is 45.8 Å². The predicted molar refractivity (Wildman–Crippen MR) is 123 cm³/mol. The van der Waals surface area contributed by atoms with Gasteiger partial charge in [-0.1, -0.05) is 36.4 Å². The van der Waals surface area contributed by atoms with Crippen LogP contribution in [-0.2, 0) is 11.0 Å². The Bertz CT molecular complexity index is 1200. The average molecular weight is 486 g/mol. The van der Waals surface area contributed by atoms with Gasteiger partial charge in [0.05, 0.1) is 17.8 Å². The number of rotatable bonds is 5. The largest absolute Gasteiger partial charge is 0.416 e. The fourth-order valence-electron chi connectivity index (χ4n) is 3.75. The van der Waals surface area contributed by atoms with E-state index in [0.717, 1.165) is 12.1 Å². The van der Waals surface area contributed by atoms with E-state index in [1.165, 1.54) is 21.7 Å². The Labute approximate surface area is 200 Å². The fourth-order valence-corrected chi connectivity index (χ4v) is 3.75. The molecular formula is C24H25F3N6O2. The first-order valence-corrected chi connectivity index (χ1v) is 11.1. The summed E-state index contributed by atoms with van der Waals surface area (Å²) in [4.78, 5) is 34.7. The third kappa shape index (κ3) is 5.51. The molecule has 0 N–H and O–H groups in total. The number of hydrogen-bond donors (Lipinski definition) is 0. The third-order valence-electron chi connectivity index (χ3n) is 5.77. The molecule has 1 aromatic heterocycles. The van der Waals surface area contributed by atoms with Crippen molar-refractivity contribution in [2.75, 3.05) is 46.8 Å². The highest BCUT2D eigenvalue weighted by Crippen LogP contribution is 2.31. The van der Waals surface area contributed by atoms with Crippen molar-refractivity contribution in [2.45, 2.75) is 6.18 Å². The van der Waals surface area contributed by atoms with Gasteiger partial charge >= 0.3 is 6.18 Å². The number of likely N-dealkylation sites (N-methyl/N-ethyl adjacent to an activating group) is 1. The van der Waals surface area contributed by atoms with Crippen molar-refractivity contribution in [1.29, 1.82) is 0 Å². The Balaban J connectivity index is 1.61. The Morgan fingerprint density at radius 3 is 2.29 bits per heavy atom. The molecule has 11 heteroatoms. The molecule has 3 aromatic rings. The summed E-state index contributed by atoms with van der Waals surface area (Å²) in [6.07, 6.45) is -4.52. The summed E-state index contributed by atoms with van der Waals surface area (Å²) in [5.41, 5.74) is -0.0542. The molecule has 1 aliphatic heterocycles. The van der Waals surface area contributed by atoms with E-state index in [4.69, 9.17) is 0 Å². The van der Waals surface area contributed by atoms with E-state index in [1.807, 2.05) is 4.90 Å². The molecule has 4 rings (SSSR count). The van der Waals surface area contributed by atoms with Gasteiger partial charge in [0.15, 0.2) is 5.82 Å². The van der Waals surface area contributed by atoms with Crippen LogP contribution in [0.25, 0.3) is 17.1 Å². The highest BCUT2D eigenvalue weighted by atomic mass is 19.4. The van der Waals surface area contributed by atoms with Gasteiger partial charge in [0.2, 0.25) is 11.7 Å². The van der Waals surface area contributed by atoms with Crippen molar-refractivity contribution >= 4 is 11.8 Å². The van der Waals surface area contributed by atoms with Crippen molar-refractivity contribution in [2.24, 2.45) is 0 Å². The zero-order chi connectivity index (χ0) is 25.2. The number of piperazine rings is 1. The summed E-state index contributed by atoms with van der Waals surface area (Å²) >= 11 is 0. The molecule has 2 heterocycles. The zero-order valence-corrected chi connectivity index (χ0v) is 19.4. The lowest BCUT2D eigenvalue weighted by Crippen LogP contribution is -2.51. The normalized spacial score (nSPS) is 14.7. The Morgan fingerprint density at radius 1 is 0.971 bits per heavy atom. The second kappa shape index (κ2) is 9.87. The maximum Gasteiger partial charge on any atom is 0.416 e. The molecule has 35 heavy (non-hydrogen) atoms. The maximum absolute atomic E-state index is 13.3. The maximum atomic E-state index is 13.3. The van der Waals surface area contributed by atoms with Crippen LogP contribution < -0.4 is 0 Å².